The lowest BCUT2D eigenvalue weighted by Crippen LogP contribution is -2.28. The van der Waals surface area contributed by atoms with Crippen molar-refractivity contribution in [3.63, 3.8) is 0 Å². The highest BCUT2D eigenvalue weighted by atomic mass is 16.5. The number of para-hydroxylation sites is 1. The number of benzene rings is 2. The zero-order valence-corrected chi connectivity index (χ0v) is 15.2. The Morgan fingerprint density at radius 3 is 2.58 bits per heavy atom. The fraction of sp³-hybridized carbons (Fsp3) is 0.286. The van der Waals surface area contributed by atoms with Crippen LogP contribution in [-0.4, -0.2) is 25.1 Å². The van der Waals surface area contributed by atoms with Crippen molar-refractivity contribution in [1.29, 1.82) is 0 Å². The smallest absolute Gasteiger partial charge is 0.235 e. The topological polar surface area (TPSA) is 63.4 Å². The SMILES string of the molecule is COc1ccc(OC)c(NC(=O)C2(c3c(C)[nH]c4ccccc34)CC2)c1. The summed E-state index contributed by atoms with van der Waals surface area (Å²) >= 11 is 0. The molecule has 0 aliphatic heterocycles. The fourth-order valence-corrected chi connectivity index (χ4v) is 3.76. The molecule has 134 valence electrons. The highest BCUT2D eigenvalue weighted by molar-refractivity contribution is 6.05. The Labute approximate surface area is 152 Å². The Kier molecular flexibility index (Phi) is 3.87. The first-order valence-corrected chi connectivity index (χ1v) is 8.70. The second kappa shape index (κ2) is 6.09. The minimum absolute atomic E-state index is 0.00286. The average molecular weight is 350 g/mol. The molecule has 4 rings (SSSR count). The van der Waals surface area contributed by atoms with Crippen molar-refractivity contribution < 1.29 is 14.3 Å². The number of ether oxygens (including phenoxy) is 2. The molecule has 0 unspecified atom stereocenters. The Balaban J connectivity index is 1.71. The number of H-pyrrole nitrogens is 1. The maximum Gasteiger partial charge on any atom is 0.235 e. The van der Waals surface area contributed by atoms with Gasteiger partial charge in [0.1, 0.15) is 11.5 Å². The first-order valence-electron chi connectivity index (χ1n) is 8.70. The molecule has 0 bridgehead atoms. The molecule has 1 fully saturated rings. The summed E-state index contributed by atoms with van der Waals surface area (Å²) < 4.78 is 10.7. The number of fused-ring (bicyclic) bond motifs is 1. The lowest BCUT2D eigenvalue weighted by Gasteiger charge is -2.18. The van der Waals surface area contributed by atoms with Gasteiger partial charge in [-0.2, -0.15) is 0 Å². The molecule has 0 radical (unpaired) electrons. The zero-order valence-electron chi connectivity index (χ0n) is 15.2. The van der Waals surface area contributed by atoms with E-state index in [1.54, 1.807) is 26.4 Å². The van der Waals surface area contributed by atoms with Gasteiger partial charge in [0.2, 0.25) is 5.91 Å². The predicted molar refractivity (Wildman–Crippen MR) is 102 cm³/mol. The Morgan fingerprint density at radius 1 is 1.12 bits per heavy atom. The molecule has 2 aromatic carbocycles. The largest absolute Gasteiger partial charge is 0.497 e. The number of aromatic nitrogens is 1. The molecular weight excluding hydrogens is 328 g/mol. The highest BCUT2D eigenvalue weighted by Crippen LogP contribution is 2.52. The number of nitrogens with one attached hydrogen (secondary N) is 2. The van der Waals surface area contributed by atoms with Crippen LogP contribution in [0.5, 0.6) is 11.5 Å². The molecule has 1 saturated carbocycles. The number of aromatic amines is 1. The van der Waals surface area contributed by atoms with Crippen molar-refractivity contribution in [1.82, 2.24) is 4.98 Å². The van der Waals surface area contributed by atoms with Gasteiger partial charge >= 0.3 is 0 Å². The molecule has 1 aromatic heterocycles. The number of aryl methyl sites for hydroxylation is 1. The third-order valence-electron chi connectivity index (χ3n) is 5.21. The van der Waals surface area contributed by atoms with E-state index in [1.807, 2.05) is 31.2 Å². The Hall–Kier alpha value is -2.95. The van der Waals surface area contributed by atoms with Crippen LogP contribution in [0.4, 0.5) is 5.69 Å². The van der Waals surface area contributed by atoms with Crippen molar-refractivity contribution >= 4 is 22.5 Å². The lowest BCUT2D eigenvalue weighted by atomic mass is 9.92. The average Bonchev–Trinajstić information content (AvgIpc) is 3.38. The Bertz CT molecular complexity index is 986. The quantitative estimate of drug-likeness (QED) is 0.726. The number of methoxy groups -OCH3 is 2. The van der Waals surface area contributed by atoms with E-state index in [0.717, 1.165) is 35.0 Å². The number of anilines is 1. The summed E-state index contributed by atoms with van der Waals surface area (Å²) in [5.74, 6) is 1.29. The van der Waals surface area contributed by atoms with Crippen LogP contribution in [0.3, 0.4) is 0 Å². The summed E-state index contributed by atoms with van der Waals surface area (Å²) in [6.45, 7) is 2.04. The molecule has 1 aliphatic carbocycles. The highest BCUT2D eigenvalue weighted by Gasteiger charge is 2.53. The fourth-order valence-electron chi connectivity index (χ4n) is 3.76. The monoisotopic (exact) mass is 350 g/mol. The van der Waals surface area contributed by atoms with E-state index in [4.69, 9.17) is 9.47 Å². The molecule has 0 saturated heterocycles. The lowest BCUT2D eigenvalue weighted by molar-refractivity contribution is -0.118. The molecular formula is C21H22N2O3. The van der Waals surface area contributed by atoms with Crippen LogP contribution in [-0.2, 0) is 10.2 Å². The molecule has 3 aromatic rings. The van der Waals surface area contributed by atoms with Crippen molar-refractivity contribution in [2.45, 2.75) is 25.2 Å². The first-order chi connectivity index (χ1) is 12.6. The van der Waals surface area contributed by atoms with Gasteiger partial charge in [-0.3, -0.25) is 4.79 Å². The van der Waals surface area contributed by atoms with Gasteiger partial charge < -0.3 is 19.8 Å². The molecule has 0 spiro atoms. The van der Waals surface area contributed by atoms with Gasteiger partial charge in [0.25, 0.3) is 0 Å². The van der Waals surface area contributed by atoms with E-state index >= 15 is 0 Å². The zero-order chi connectivity index (χ0) is 18.3. The standard InChI is InChI=1S/C21H22N2O3/c1-13-19(15-6-4-5-7-16(15)22-13)21(10-11-21)20(24)23-17-12-14(25-2)8-9-18(17)26-3/h4-9,12,22H,10-11H2,1-3H3,(H,23,24). The summed E-state index contributed by atoms with van der Waals surface area (Å²) in [5, 5.41) is 4.18. The third kappa shape index (κ3) is 2.51. The number of hydrogen-bond donors (Lipinski definition) is 2. The van der Waals surface area contributed by atoms with Crippen LogP contribution >= 0.6 is 0 Å². The maximum atomic E-state index is 13.2. The summed E-state index contributed by atoms with van der Waals surface area (Å²) in [6.07, 6.45) is 1.68. The van der Waals surface area contributed by atoms with Gasteiger partial charge in [-0.25, -0.2) is 0 Å². The summed E-state index contributed by atoms with van der Waals surface area (Å²) in [6, 6.07) is 13.5. The van der Waals surface area contributed by atoms with Gasteiger partial charge in [-0.15, -0.1) is 0 Å². The number of carbonyl (C=O) groups is 1. The number of carbonyl (C=O) groups excluding carboxylic acids is 1. The van der Waals surface area contributed by atoms with Crippen molar-refractivity contribution in [2.24, 2.45) is 0 Å². The van der Waals surface area contributed by atoms with Crippen molar-refractivity contribution in [2.75, 3.05) is 19.5 Å². The summed E-state index contributed by atoms with van der Waals surface area (Å²) in [4.78, 5) is 16.6. The number of rotatable bonds is 5. The number of hydrogen-bond acceptors (Lipinski definition) is 3. The van der Waals surface area contributed by atoms with Gasteiger partial charge in [0.05, 0.1) is 25.3 Å². The molecule has 1 aliphatic rings. The van der Waals surface area contributed by atoms with E-state index in [9.17, 15) is 4.79 Å². The van der Waals surface area contributed by atoms with Crippen LogP contribution in [0, 0.1) is 6.92 Å². The first kappa shape index (κ1) is 16.5. The molecule has 0 atom stereocenters. The summed E-state index contributed by atoms with van der Waals surface area (Å²) in [7, 11) is 3.19. The molecule has 1 heterocycles. The van der Waals surface area contributed by atoms with Crippen molar-refractivity contribution in [3.8, 4) is 11.5 Å². The van der Waals surface area contributed by atoms with E-state index < -0.39 is 5.41 Å². The van der Waals surface area contributed by atoms with Crippen LogP contribution in [0.15, 0.2) is 42.5 Å². The van der Waals surface area contributed by atoms with Gasteiger partial charge in [-0.1, -0.05) is 18.2 Å². The van der Waals surface area contributed by atoms with Gasteiger partial charge in [-0.05, 0) is 43.5 Å². The second-order valence-electron chi connectivity index (χ2n) is 6.77. The molecule has 26 heavy (non-hydrogen) atoms. The van der Waals surface area contributed by atoms with Crippen LogP contribution < -0.4 is 14.8 Å². The molecule has 1 amide bonds. The maximum absolute atomic E-state index is 13.2. The third-order valence-corrected chi connectivity index (χ3v) is 5.21. The van der Waals surface area contributed by atoms with E-state index in [0.29, 0.717) is 17.2 Å². The Morgan fingerprint density at radius 2 is 1.88 bits per heavy atom. The molecule has 5 nitrogen and oxygen atoms in total. The second-order valence-corrected chi connectivity index (χ2v) is 6.77. The minimum Gasteiger partial charge on any atom is -0.497 e. The van der Waals surface area contributed by atoms with E-state index in [2.05, 4.69) is 16.4 Å². The minimum atomic E-state index is -0.488. The number of amides is 1. The van der Waals surface area contributed by atoms with Gasteiger partial charge in [0.15, 0.2) is 0 Å². The van der Waals surface area contributed by atoms with Crippen LogP contribution in [0.2, 0.25) is 0 Å². The summed E-state index contributed by atoms with van der Waals surface area (Å²) in [5.41, 5.74) is 3.36. The molecule has 2 N–H and O–H groups in total. The van der Waals surface area contributed by atoms with E-state index in [-0.39, 0.29) is 5.91 Å². The predicted octanol–water partition coefficient (Wildman–Crippen LogP) is 4.16. The van der Waals surface area contributed by atoms with Gasteiger partial charge in [0, 0.05) is 22.7 Å². The normalized spacial score (nSPS) is 14.9. The van der Waals surface area contributed by atoms with Crippen LogP contribution in [0.25, 0.3) is 10.9 Å². The van der Waals surface area contributed by atoms with Crippen molar-refractivity contribution in [3.05, 3.63) is 53.7 Å². The van der Waals surface area contributed by atoms with E-state index in [1.165, 1.54) is 0 Å². The van der Waals surface area contributed by atoms with Crippen LogP contribution in [0.1, 0.15) is 24.1 Å². The molecule has 5 heteroatoms.